The lowest BCUT2D eigenvalue weighted by Gasteiger charge is -2.57. The van der Waals surface area contributed by atoms with Gasteiger partial charge >= 0.3 is 6.03 Å². The van der Waals surface area contributed by atoms with Crippen LogP contribution < -0.4 is 5.32 Å². The van der Waals surface area contributed by atoms with E-state index in [1.165, 1.54) is 43.4 Å². The molecule has 2 heterocycles. The Morgan fingerprint density at radius 3 is 2.52 bits per heavy atom. The average molecular weight is 385 g/mol. The summed E-state index contributed by atoms with van der Waals surface area (Å²) in [5.41, 5.74) is 1.12. The third kappa shape index (κ3) is 3.66. The summed E-state index contributed by atoms with van der Waals surface area (Å²) in [6.45, 7) is 1.35. The summed E-state index contributed by atoms with van der Waals surface area (Å²) in [6, 6.07) is 6.29. The van der Waals surface area contributed by atoms with Gasteiger partial charge in [-0.1, -0.05) is 6.07 Å². The van der Waals surface area contributed by atoms with E-state index in [1.807, 2.05) is 11.0 Å². The Bertz CT molecular complexity index is 733. The van der Waals surface area contributed by atoms with Crippen LogP contribution in [-0.4, -0.2) is 23.0 Å². The number of nitrogens with zero attached hydrogens (tertiary/aromatic N) is 1. The Balaban J connectivity index is 1.29. The van der Waals surface area contributed by atoms with E-state index in [0.717, 1.165) is 36.3 Å². The van der Waals surface area contributed by atoms with Crippen LogP contribution in [0.15, 0.2) is 40.5 Å². The number of nitrogens with one attached hydrogen (secondary N) is 1. The zero-order valence-corrected chi connectivity index (χ0v) is 16.5. The minimum absolute atomic E-state index is 0.0589. The van der Waals surface area contributed by atoms with Gasteiger partial charge < -0.3 is 14.6 Å². The third-order valence-corrected chi connectivity index (χ3v) is 7.80. The van der Waals surface area contributed by atoms with Crippen LogP contribution in [0.4, 0.5) is 4.79 Å². The zero-order valence-electron chi connectivity index (χ0n) is 15.7. The highest BCUT2D eigenvalue weighted by Gasteiger charge is 2.51. The summed E-state index contributed by atoms with van der Waals surface area (Å²) < 4.78 is 5.22. The first-order chi connectivity index (χ1) is 13.2. The molecule has 4 saturated carbocycles. The first kappa shape index (κ1) is 17.4. The molecule has 4 aliphatic rings. The quantitative estimate of drug-likeness (QED) is 0.756. The summed E-state index contributed by atoms with van der Waals surface area (Å²) >= 11 is 1.76. The molecule has 2 aromatic heterocycles. The van der Waals surface area contributed by atoms with Gasteiger partial charge in [-0.2, -0.15) is 0 Å². The number of furan rings is 1. The molecule has 6 rings (SSSR count). The van der Waals surface area contributed by atoms with Crippen molar-refractivity contribution in [3.8, 4) is 0 Å². The Morgan fingerprint density at radius 2 is 1.93 bits per heavy atom. The van der Waals surface area contributed by atoms with Crippen molar-refractivity contribution in [1.82, 2.24) is 10.2 Å². The maximum Gasteiger partial charge on any atom is 0.318 e. The van der Waals surface area contributed by atoms with Gasteiger partial charge in [0.2, 0.25) is 0 Å². The maximum atomic E-state index is 13.3. The number of rotatable bonds is 6. The number of carbonyl (C=O) groups excluding carboxylic acids is 1. The molecule has 0 radical (unpaired) electrons. The van der Waals surface area contributed by atoms with Crippen molar-refractivity contribution in [2.75, 3.05) is 6.54 Å². The lowest BCUT2D eigenvalue weighted by atomic mass is 9.53. The molecule has 4 aliphatic carbocycles. The molecule has 0 aromatic carbocycles. The predicted octanol–water partition coefficient (Wildman–Crippen LogP) is 5.06. The van der Waals surface area contributed by atoms with Crippen LogP contribution >= 0.6 is 11.3 Å². The maximum absolute atomic E-state index is 13.3. The van der Waals surface area contributed by atoms with E-state index in [0.29, 0.717) is 6.54 Å². The summed E-state index contributed by atoms with van der Waals surface area (Å²) in [4.78, 5) is 16.6. The molecule has 0 aliphatic heterocycles. The van der Waals surface area contributed by atoms with Gasteiger partial charge in [0.1, 0.15) is 0 Å². The summed E-state index contributed by atoms with van der Waals surface area (Å²) in [6.07, 6.45) is 12.1. The molecule has 4 bridgehead atoms. The third-order valence-electron chi connectivity index (χ3n) is 6.86. The molecule has 4 fully saturated rings. The highest BCUT2D eigenvalue weighted by Crippen LogP contribution is 2.55. The minimum atomic E-state index is 0.0589. The monoisotopic (exact) mass is 384 g/mol. The smallest absolute Gasteiger partial charge is 0.318 e. The number of urea groups is 1. The fraction of sp³-hybridized carbons (Fsp3) is 0.591. The highest BCUT2D eigenvalue weighted by atomic mass is 32.1. The number of amides is 2. The molecule has 2 amide bonds. The van der Waals surface area contributed by atoms with Crippen LogP contribution in [0.25, 0.3) is 0 Å². The number of hydrogen-bond donors (Lipinski definition) is 1. The fourth-order valence-corrected chi connectivity index (χ4v) is 6.82. The SMILES string of the molecule is O=C(NC12CC3CC(CC(C3)C1)C2)N(CCc1cccs1)Cc1ccoc1. The normalized spacial score (nSPS) is 31.2. The second-order valence-electron chi connectivity index (χ2n) is 9.01. The van der Waals surface area contributed by atoms with Crippen LogP contribution in [0.2, 0.25) is 0 Å². The van der Waals surface area contributed by atoms with Crippen molar-refractivity contribution >= 4 is 17.4 Å². The van der Waals surface area contributed by atoms with Gasteiger partial charge in [-0.25, -0.2) is 4.79 Å². The van der Waals surface area contributed by atoms with Crippen LogP contribution in [0.1, 0.15) is 49.0 Å². The van der Waals surface area contributed by atoms with Crippen LogP contribution in [0.5, 0.6) is 0 Å². The Kier molecular flexibility index (Phi) is 4.50. The van der Waals surface area contributed by atoms with E-state index >= 15 is 0 Å². The van der Waals surface area contributed by atoms with Crippen LogP contribution in [0.3, 0.4) is 0 Å². The van der Waals surface area contributed by atoms with Gasteiger partial charge in [-0.3, -0.25) is 0 Å². The fourth-order valence-electron chi connectivity index (χ4n) is 6.13. The van der Waals surface area contributed by atoms with E-state index in [9.17, 15) is 4.79 Å². The van der Waals surface area contributed by atoms with Crippen molar-refractivity contribution < 1.29 is 9.21 Å². The van der Waals surface area contributed by atoms with E-state index in [2.05, 4.69) is 22.8 Å². The molecule has 4 nitrogen and oxygen atoms in total. The topological polar surface area (TPSA) is 45.5 Å². The Hall–Kier alpha value is -1.75. The molecular formula is C22H28N2O2S. The van der Waals surface area contributed by atoms with E-state index < -0.39 is 0 Å². The number of thiophene rings is 1. The van der Waals surface area contributed by atoms with Crippen molar-refractivity contribution in [1.29, 1.82) is 0 Å². The number of carbonyl (C=O) groups is 1. The van der Waals surface area contributed by atoms with Crippen LogP contribution in [-0.2, 0) is 13.0 Å². The van der Waals surface area contributed by atoms with Gasteiger partial charge in [0.05, 0.1) is 19.1 Å². The van der Waals surface area contributed by atoms with Crippen molar-refractivity contribution in [3.05, 3.63) is 46.5 Å². The van der Waals surface area contributed by atoms with Crippen molar-refractivity contribution in [2.24, 2.45) is 17.8 Å². The molecule has 5 heteroatoms. The lowest BCUT2D eigenvalue weighted by molar-refractivity contribution is -0.0158. The second-order valence-corrected chi connectivity index (χ2v) is 10.0. The molecule has 0 atom stereocenters. The van der Waals surface area contributed by atoms with E-state index in [4.69, 9.17) is 4.42 Å². The summed E-state index contributed by atoms with van der Waals surface area (Å²) in [7, 11) is 0. The molecule has 2 aromatic rings. The average Bonchev–Trinajstić information content (AvgIpc) is 3.30. The highest BCUT2D eigenvalue weighted by molar-refractivity contribution is 7.09. The molecule has 144 valence electrons. The first-order valence-electron chi connectivity index (χ1n) is 10.3. The zero-order chi connectivity index (χ0) is 18.3. The van der Waals surface area contributed by atoms with Crippen LogP contribution in [0, 0.1) is 17.8 Å². The van der Waals surface area contributed by atoms with E-state index in [-0.39, 0.29) is 11.6 Å². The number of hydrogen-bond acceptors (Lipinski definition) is 3. The first-order valence-corrected chi connectivity index (χ1v) is 11.2. The molecule has 0 unspecified atom stereocenters. The lowest BCUT2D eigenvalue weighted by Crippen LogP contribution is -2.61. The summed E-state index contributed by atoms with van der Waals surface area (Å²) in [5.74, 6) is 2.51. The van der Waals surface area contributed by atoms with Crippen molar-refractivity contribution in [2.45, 2.75) is 57.0 Å². The van der Waals surface area contributed by atoms with Gasteiger partial charge in [-0.05, 0) is 80.2 Å². The van der Waals surface area contributed by atoms with Gasteiger partial charge in [0.25, 0.3) is 0 Å². The standard InChI is InChI=1S/C22H28N2O2S/c25-21(23-22-11-17-8-18(12-22)10-19(9-17)13-22)24(14-16-4-6-26-15-16)5-3-20-2-1-7-27-20/h1-2,4,6-7,15,17-19H,3,5,8-14H2,(H,23,25). The molecule has 0 spiro atoms. The van der Waals surface area contributed by atoms with Gasteiger partial charge in [0.15, 0.2) is 0 Å². The largest absolute Gasteiger partial charge is 0.472 e. The Morgan fingerprint density at radius 1 is 1.19 bits per heavy atom. The van der Waals surface area contributed by atoms with Gasteiger partial charge in [-0.15, -0.1) is 11.3 Å². The molecule has 27 heavy (non-hydrogen) atoms. The Labute approximate surface area is 164 Å². The second kappa shape index (κ2) is 7.01. The summed E-state index contributed by atoms with van der Waals surface area (Å²) in [5, 5.41) is 5.63. The molecule has 1 N–H and O–H groups in total. The van der Waals surface area contributed by atoms with Crippen molar-refractivity contribution in [3.63, 3.8) is 0 Å². The molecule has 0 saturated heterocycles. The predicted molar refractivity (Wildman–Crippen MR) is 107 cm³/mol. The molecular weight excluding hydrogens is 356 g/mol. The minimum Gasteiger partial charge on any atom is -0.472 e. The van der Waals surface area contributed by atoms with Gasteiger partial charge in [0, 0.05) is 22.5 Å². The van der Waals surface area contributed by atoms with E-state index in [1.54, 1.807) is 23.9 Å².